The lowest BCUT2D eigenvalue weighted by molar-refractivity contribution is -0.144. The number of aliphatic hydroxyl groups excluding tert-OH is 1. The maximum Gasteiger partial charge on any atom is 0.251 e. The summed E-state index contributed by atoms with van der Waals surface area (Å²) in [6.45, 7) is 0.456. The molecule has 0 radical (unpaired) electrons. The van der Waals surface area contributed by atoms with Crippen LogP contribution in [-0.4, -0.2) is 75.4 Å². The van der Waals surface area contributed by atoms with E-state index in [2.05, 4.69) is 0 Å². The van der Waals surface area contributed by atoms with Gasteiger partial charge in [-0.15, -0.1) is 11.8 Å². The lowest BCUT2D eigenvalue weighted by Gasteiger charge is -2.38. The number of fused-ring (bicyclic) bond motifs is 2. The van der Waals surface area contributed by atoms with Gasteiger partial charge in [-0.2, -0.15) is 0 Å². The predicted octanol–water partition coefficient (Wildman–Crippen LogP) is 3.30. The van der Waals surface area contributed by atoms with E-state index in [0.717, 1.165) is 5.56 Å². The van der Waals surface area contributed by atoms with Crippen LogP contribution in [0.5, 0.6) is 0 Å². The van der Waals surface area contributed by atoms with E-state index in [-0.39, 0.29) is 29.6 Å². The summed E-state index contributed by atoms with van der Waals surface area (Å²) in [6.07, 6.45) is 7.89. The molecule has 7 nitrogen and oxygen atoms in total. The van der Waals surface area contributed by atoms with Crippen LogP contribution in [0.4, 0.5) is 5.69 Å². The normalized spacial score (nSPS) is 31.1. The van der Waals surface area contributed by atoms with Gasteiger partial charge >= 0.3 is 0 Å². The lowest BCUT2D eigenvalue weighted by Crippen LogP contribution is -2.54. The van der Waals surface area contributed by atoms with Gasteiger partial charge in [0.1, 0.15) is 6.04 Å². The lowest BCUT2D eigenvalue weighted by atomic mass is 9.78. The number of nitrogens with zero attached hydrogens (tertiary/aromatic N) is 3. The summed E-state index contributed by atoms with van der Waals surface area (Å²) >= 11 is 7.64. The molecule has 4 heterocycles. The van der Waals surface area contributed by atoms with Crippen LogP contribution in [-0.2, 0) is 14.4 Å². The largest absolute Gasteiger partial charge is 0.394 e. The molecule has 1 unspecified atom stereocenters. The number of likely N-dealkylation sites (tertiary alicyclic amines) is 1. The van der Waals surface area contributed by atoms with E-state index in [9.17, 15) is 19.5 Å². The number of carbonyl (C=O) groups excluding carboxylic acids is 3. The van der Waals surface area contributed by atoms with Crippen LogP contribution in [0.2, 0.25) is 5.02 Å². The average molecular weight is 550 g/mol. The van der Waals surface area contributed by atoms with Gasteiger partial charge in [-0.1, -0.05) is 66.2 Å². The van der Waals surface area contributed by atoms with E-state index in [1.54, 1.807) is 46.0 Å². The third-order valence-corrected chi connectivity index (χ3v) is 10.1. The molecular weight excluding hydrogens is 522 g/mol. The van der Waals surface area contributed by atoms with Crippen molar-refractivity contribution in [1.82, 2.24) is 9.80 Å². The molecule has 2 aromatic rings. The molecule has 6 rings (SSSR count). The highest BCUT2D eigenvalue weighted by atomic mass is 35.5. The molecule has 1 spiro atoms. The Morgan fingerprint density at radius 3 is 2.45 bits per heavy atom. The van der Waals surface area contributed by atoms with Crippen LogP contribution < -0.4 is 4.90 Å². The second-order valence-electron chi connectivity index (χ2n) is 10.2. The molecule has 0 aliphatic carbocycles. The van der Waals surface area contributed by atoms with Crippen LogP contribution >= 0.6 is 23.4 Å². The first-order valence-corrected chi connectivity index (χ1v) is 13.9. The summed E-state index contributed by atoms with van der Waals surface area (Å²) in [6, 6.07) is 14.7. The van der Waals surface area contributed by atoms with Crippen molar-refractivity contribution in [3.63, 3.8) is 0 Å². The Balaban J connectivity index is 1.52. The minimum atomic E-state index is -0.953. The number of likely N-dealkylation sites (N-methyl/N-ethyl adjacent to an activating group) is 1. The van der Waals surface area contributed by atoms with Crippen LogP contribution in [0, 0.1) is 11.8 Å². The zero-order valence-electron chi connectivity index (χ0n) is 20.8. The molecule has 38 heavy (non-hydrogen) atoms. The summed E-state index contributed by atoms with van der Waals surface area (Å²) < 4.78 is -0.953. The number of rotatable bonds is 4. The second-order valence-corrected chi connectivity index (χ2v) is 12.1. The van der Waals surface area contributed by atoms with Crippen molar-refractivity contribution in [2.24, 2.45) is 11.8 Å². The fraction of sp³-hybridized carbons (Fsp3) is 0.345. The monoisotopic (exact) mass is 549 g/mol. The van der Waals surface area contributed by atoms with Crippen LogP contribution in [0.15, 0.2) is 78.9 Å². The van der Waals surface area contributed by atoms with Crippen molar-refractivity contribution in [2.75, 3.05) is 31.6 Å². The van der Waals surface area contributed by atoms with Gasteiger partial charge in [0.05, 0.1) is 29.2 Å². The Morgan fingerprint density at radius 2 is 1.74 bits per heavy atom. The number of benzene rings is 2. The van der Waals surface area contributed by atoms with Crippen molar-refractivity contribution in [3.8, 4) is 0 Å². The maximum atomic E-state index is 14.5. The Hall–Kier alpha value is -3.07. The molecule has 0 bridgehead atoms. The first-order chi connectivity index (χ1) is 18.4. The van der Waals surface area contributed by atoms with E-state index in [1.807, 2.05) is 54.6 Å². The molecule has 0 saturated carbocycles. The number of halogens is 1. The van der Waals surface area contributed by atoms with E-state index in [1.165, 1.54) is 11.8 Å². The summed E-state index contributed by atoms with van der Waals surface area (Å²) in [5, 5.41) is 10.9. The maximum absolute atomic E-state index is 14.5. The van der Waals surface area contributed by atoms with Crippen LogP contribution in [0.25, 0.3) is 0 Å². The molecule has 4 aliphatic rings. The van der Waals surface area contributed by atoms with Gasteiger partial charge in [-0.3, -0.25) is 14.4 Å². The van der Waals surface area contributed by atoms with Gasteiger partial charge in [-0.05, 0) is 29.8 Å². The molecule has 9 heteroatoms. The number of anilines is 1. The molecule has 196 valence electrons. The zero-order chi connectivity index (χ0) is 26.6. The quantitative estimate of drug-likeness (QED) is 0.592. The molecule has 6 atom stereocenters. The van der Waals surface area contributed by atoms with Crippen molar-refractivity contribution >= 4 is 46.8 Å². The Morgan fingerprint density at radius 1 is 1.00 bits per heavy atom. The number of amides is 3. The molecule has 4 aliphatic heterocycles. The molecule has 0 aromatic heterocycles. The van der Waals surface area contributed by atoms with Crippen molar-refractivity contribution in [1.29, 1.82) is 0 Å². The molecule has 1 N–H and O–H groups in total. The molecule has 3 amide bonds. The van der Waals surface area contributed by atoms with Crippen LogP contribution in [0.3, 0.4) is 0 Å². The molecule has 2 fully saturated rings. The fourth-order valence-corrected chi connectivity index (χ4v) is 8.54. The van der Waals surface area contributed by atoms with Crippen molar-refractivity contribution in [2.45, 2.75) is 22.1 Å². The highest BCUT2D eigenvalue weighted by Crippen LogP contribution is 2.62. The number of hydrogen-bond acceptors (Lipinski definition) is 5. The zero-order valence-corrected chi connectivity index (χ0v) is 22.4. The number of hydrogen-bond donors (Lipinski definition) is 1. The van der Waals surface area contributed by atoms with Gasteiger partial charge in [0.25, 0.3) is 5.91 Å². The Bertz CT molecular complexity index is 1330. The summed E-state index contributed by atoms with van der Waals surface area (Å²) in [4.78, 5) is 47.5. The number of carbonyl (C=O) groups is 3. The topological polar surface area (TPSA) is 81.2 Å². The first-order valence-electron chi connectivity index (χ1n) is 12.7. The highest BCUT2D eigenvalue weighted by Gasteiger charge is 2.71. The average Bonchev–Trinajstić information content (AvgIpc) is 3.25. The van der Waals surface area contributed by atoms with Gasteiger partial charge in [0.15, 0.2) is 0 Å². The fourth-order valence-electron chi connectivity index (χ4n) is 6.42. The van der Waals surface area contributed by atoms with E-state index in [0.29, 0.717) is 23.8 Å². The van der Waals surface area contributed by atoms with Gasteiger partial charge in [-0.25, -0.2) is 0 Å². The van der Waals surface area contributed by atoms with E-state index in [4.69, 9.17) is 11.6 Å². The first kappa shape index (κ1) is 25.2. The molecular formula is C29H28ClN3O4S. The van der Waals surface area contributed by atoms with Crippen molar-refractivity contribution in [3.05, 3.63) is 89.5 Å². The third kappa shape index (κ3) is 3.73. The SMILES string of the molecule is CN1CC=C[C@H]2S[C@]34C=CCN(c5ccc(Cl)cc5)C(=O)C3N([C@H](CO)c3ccccc3)C(=O)[C@@H]4[C@H]2C1=O. The van der Waals surface area contributed by atoms with Gasteiger partial charge < -0.3 is 19.8 Å². The van der Waals surface area contributed by atoms with Gasteiger partial charge in [0, 0.05) is 36.1 Å². The summed E-state index contributed by atoms with van der Waals surface area (Å²) in [5.74, 6) is -1.94. The Labute approximate surface area is 230 Å². The standard InChI is InChI=1S/C29H28ClN3O4S/c1-31-15-5-9-22-23(26(31)35)24-27(36)33(21(17-34)18-7-3-2-4-8-18)25-28(37)32(16-6-14-29(24,25)38-22)20-12-10-19(30)11-13-20/h2-14,21-25,34H,15-17H2,1H3/t21-,22-,23+,24+,25?,29+/m1/s1. The minimum Gasteiger partial charge on any atom is -0.394 e. The molecule has 2 saturated heterocycles. The second kappa shape index (κ2) is 9.59. The van der Waals surface area contributed by atoms with Gasteiger partial charge in [0.2, 0.25) is 11.8 Å². The van der Waals surface area contributed by atoms with Crippen molar-refractivity contribution < 1.29 is 19.5 Å². The van der Waals surface area contributed by atoms with E-state index < -0.39 is 28.7 Å². The molecule has 2 aromatic carbocycles. The minimum absolute atomic E-state index is 0.0942. The number of thioether (sulfide) groups is 1. The van der Waals surface area contributed by atoms with Crippen LogP contribution in [0.1, 0.15) is 11.6 Å². The van der Waals surface area contributed by atoms with E-state index >= 15 is 0 Å². The predicted molar refractivity (Wildman–Crippen MR) is 148 cm³/mol. The number of aliphatic hydroxyl groups is 1. The summed E-state index contributed by atoms with van der Waals surface area (Å²) in [7, 11) is 1.75. The smallest absolute Gasteiger partial charge is 0.251 e. The summed E-state index contributed by atoms with van der Waals surface area (Å²) in [5.41, 5.74) is 1.41. The highest BCUT2D eigenvalue weighted by molar-refractivity contribution is 8.02. The third-order valence-electron chi connectivity index (χ3n) is 8.13. The Kier molecular flexibility index (Phi) is 6.37.